The number of hydrogen-bond acceptors (Lipinski definition) is 1. The summed E-state index contributed by atoms with van der Waals surface area (Å²) in [6.07, 6.45) is 0. The first-order valence-corrected chi connectivity index (χ1v) is 16.0. The van der Waals surface area contributed by atoms with Gasteiger partial charge in [-0.3, -0.25) is 0 Å². The number of benzene rings is 8. The van der Waals surface area contributed by atoms with Crippen LogP contribution in [0.1, 0.15) is 22.3 Å². The van der Waals surface area contributed by atoms with Gasteiger partial charge in [0.1, 0.15) is 11.5 Å². The van der Waals surface area contributed by atoms with Crippen molar-refractivity contribution in [3.8, 4) is 56.0 Å². The maximum atomic E-state index is 6.45. The second-order valence-electron chi connectivity index (χ2n) is 12.8. The molecule has 2 aliphatic carbocycles. The summed E-state index contributed by atoms with van der Waals surface area (Å²) in [5, 5.41) is 5.03. The number of ether oxygens (including phenoxy) is 1. The molecule has 8 aromatic carbocycles. The van der Waals surface area contributed by atoms with E-state index in [1.165, 1.54) is 82.7 Å². The maximum absolute atomic E-state index is 6.45. The molecule has 46 heavy (non-hydrogen) atoms. The van der Waals surface area contributed by atoms with E-state index in [1.54, 1.807) is 0 Å². The van der Waals surface area contributed by atoms with Crippen molar-refractivity contribution in [2.75, 3.05) is 0 Å². The molecule has 0 radical (unpaired) electrons. The number of rotatable bonds is 1. The first-order valence-electron chi connectivity index (χ1n) is 16.0. The fourth-order valence-electron chi connectivity index (χ4n) is 8.85. The Morgan fingerprint density at radius 3 is 1.65 bits per heavy atom. The van der Waals surface area contributed by atoms with Crippen LogP contribution < -0.4 is 4.74 Å². The third-order valence-corrected chi connectivity index (χ3v) is 10.7. The van der Waals surface area contributed by atoms with Crippen LogP contribution in [0.2, 0.25) is 0 Å². The van der Waals surface area contributed by atoms with Crippen molar-refractivity contribution in [1.29, 1.82) is 0 Å². The lowest BCUT2D eigenvalue weighted by Crippen LogP contribution is -2.31. The quantitative estimate of drug-likeness (QED) is 0.187. The molecule has 1 spiro atoms. The molecule has 1 atom stereocenters. The van der Waals surface area contributed by atoms with Crippen molar-refractivity contribution in [1.82, 2.24) is 0 Å². The Morgan fingerprint density at radius 1 is 0.326 bits per heavy atom. The monoisotopic (exact) mass is 582 g/mol. The molecule has 11 rings (SSSR count). The molecule has 0 bridgehead atoms. The lowest BCUT2D eigenvalue weighted by Gasteiger charge is -2.40. The van der Waals surface area contributed by atoms with Gasteiger partial charge in [0.05, 0.1) is 5.41 Å². The summed E-state index contributed by atoms with van der Waals surface area (Å²) >= 11 is 0. The van der Waals surface area contributed by atoms with Crippen LogP contribution in [-0.4, -0.2) is 0 Å². The largest absolute Gasteiger partial charge is 0.456 e. The minimum absolute atomic E-state index is 0.422. The summed E-state index contributed by atoms with van der Waals surface area (Å²) in [4.78, 5) is 0. The van der Waals surface area contributed by atoms with Crippen molar-refractivity contribution in [3.63, 3.8) is 0 Å². The standard InChI is InChI=1S/C45H26O/c1-3-17-37-31(13-1)33-23-21-30(29-22-24-41-36(25-29)35-16-6-10-28-12-8-20-42(46-41)44(28)35)26-40(33)45(37)38-18-4-2-14-32(38)34-15-5-9-27-11-7-19-39(45)43(27)34/h1-26H. The smallest absolute Gasteiger partial charge is 0.135 e. The van der Waals surface area contributed by atoms with E-state index in [9.17, 15) is 0 Å². The SMILES string of the molecule is c1ccc2c(c1)-c1ccc(-c3ccc4c(c3)-c3cccc5cccc(c35)O4)cc1C21c2ccccc2-c2cccc3cccc1c23. The van der Waals surface area contributed by atoms with E-state index in [0.717, 1.165) is 17.1 Å². The van der Waals surface area contributed by atoms with E-state index in [0.29, 0.717) is 0 Å². The molecule has 0 amide bonds. The zero-order chi connectivity index (χ0) is 30.0. The van der Waals surface area contributed by atoms with Gasteiger partial charge < -0.3 is 4.74 Å². The molecule has 1 nitrogen and oxygen atoms in total. The van der Waals surface area contributed by atoms with E-state index in [-0.39, 0.29) is 0 Å². The Labute approximate surface area is 267 Å². The van der Waals surface area contributed by atoms with Gasteiger partial charge in [-0.05, 0) is 102 Å². The van der Waals surface area contributed by atoms with Crippen LogP contribution >= 0.6 is 0 Å². The first-order chi connectivity index (χ1) is 22.8. The summed E-state index contributed by atoms with van der Waals surface area (Å²) in [5.41, 5.74) is 15.0. The van der Waals surface area contributed by atoms with Gasteiger partial charge in [-0.1, -0.05) is 133 Å². The Kier molecular flexibility index (Phi) is 4.57. The van der Waals surface area contributed by atoms with Gasteiger partial charge in [-0.2, -0.15) is 0 Å². The molecule has 3 aliphatic rings. The lowest BCUT2D eigenvalue weighted by molar-refractivity contribution is 0.487. The predicted molar refractivity (Wildman–Crippen MR) is 189 cm³/mol. The zero-order valence-electron chi connectivity index (χ0n) is 24.9. The molecular weight excluding hydrogens is 556 g/mol. The third kappa shape index (κ3) is 2.91. The van der Waals surface area contributed by atoms with E-state index >= 15 is 0 Å². The van der Waals surface area contributed by atoms with Gasteiger partial charge in [-0.25, -0.2) is 0 Å². The number of hydrogen-bond donors (Lipinski definition) is 0. The summed E-state index contributed by atoms with van der Waals surface area (Å²) in [5.74, 6) is 1.83. The van der Waals surface area contributed by atoms with Gasteiger partial charge in [0.25, 0.3) is 0 Å². The van der Waals surface area contributed by atoms with E-state index in [4.69, 9.17) is 4.74 Å². The van der Waals surface area contributed by atoms with Crippen molar-refractivity contribution >= 4 is 21.5 Å². The van der Waals surface area contributed by atoms with Crippen LogP contribution in [-0.2, 0) is 5.41 Å². The highest BCUT2D eigenvalue weighted by atomic mass is 16.5. The fourth-order valence-corrected chi connectivity index (χ4v) is 8.85. The molecule has 8 aromatic rings. The molecule has 0 fully saturated rings. The first kappa shape index (κ1) is 24.4. The molecule has 1 heterocycles. The van der Waals surface area contributed by atoms with Crippen molar-refractivity contribution in [2.45, 2.75) is 5.41 Å². The van der Waals surface area contributed by atoms with Crippen LogP contribution in [0, 0.1) is 0 Å². The maximum Gasteiger partial charge on any atom is 0.135 e. The van der Waals surface area contributed by atoms with E-state index < -0.39 is 5.41 Å². The molecular formula is C45H26O. The Morgan fingerprint density at radius 2 is 0.870 bits per heavy atom. The van der Waals surface area contributed by atoms with E-state index in [1.807, 2.05) is 0 Å². The minimum Gasteiger partial charge on any atom is -0.456 e. The van der Waals surface area contributed by atoms with Crippen LogP contribution in [0.5, 0.6) is 11.5 Å². The molecule has 1 heteroatoms. The highest BCUT2D eigenvalue weighted by Gasteiger charge is 2.50. The van der Waals surface area contributed by atoms with Gasteiger partial charge in [-0.15, -0.1) is 0 Å². The summed E-state index contributed by atoms with van der Waals surface area (Å²) in [7, 11) is 0. The number of fused-ring (bicyclic) bond motifs is 11. The second-order valence-corrected chi connectivity index (χ2v) is 12.8. The molecule has 1 unspecified atom stereocenters. The van der Waals surface area contributed by atoms with Crippen LogP contribution in [0.15, 0.2) is 158 Å². The summed E-state index contributed by atoms with van der Waals surface area (Å²) in [6, 6.07) is 58.4. The molecule has 1 aliphatic heterocycles. The van der Waals surface area contributed by atoms with Crippen LogP contribution in [0.25, 0.3) is 66.1 Å². The lowest BCUT2D eigenvalue weighted by atomic mass is 9.61. The van der Waals surface area contributed by atoms with Gasteiger partial charge >= 0.3 is 0 Å². The Bertz CT molecular complexity index is 2610. The average molecular weight is 583 g/mol. The zero-order valence-corrected chi connectivity index (χ0v) is 24.9. The second kappa shape index (κ2) is 8.62. The summed E-state index contributed by atoms with van der Waals surface area (Å²) < 4.78 is 6.45. The van der Waals surface area contributed by atoms with Gasteiger partial charge in [0, 0.05) is 10.9 Å². The van der Waals surface area contributed by atoms with Gasteiger partial charge in [0.2, 0.25) is 0 Å². The van der Waals surface area contributed by atoms with Crippen LogP contribution in [0.4, 0.5) is 0 Å². The molecule has 0 N–H and O–H groups in total. The Balaban J connectivity index is 1.20. The predicted octanol–water partition coefficient (Wildman–Crippen LogP) is 11.8. The molecule has 0 saturated carbocycles. The van der Waals surface area contributed by atoms with Crippen molar-refractivity contribution in [2.24, 2.45) is 0 Å². The van der Waals surface area contributed by atoms with Crippen LogP contribution in [0.3, 0.4) is 0 Å². The average Bonchev–Trinajstić information content (AvgIpc) is 3.41. The highest BCUT2D eigenvalue weighted by Crippen LogP contribution is 2.62. The minimum atomic E-state index is -0.422. The van der Waals surface area contributed by atoms with E-state index in [2.05, 4.69) is 158 Å². The van der Waals surface area contributed by atoms with Crippen molar-refractivity contribution in [3.05, 3.63) is 180 Å². The third-order valence-electron chi connectivity index (χ3n) is 10.7. The molecule has 0 saturated heterocycles. The summed E-state index contributed by atoms with van der Waals surface area (Å²) in [6.45, 7) is 0. The van der Waals surface area contributed by atoms with Gasteiger partial charge in [0.15, 0.2) is 0 Å². The topological polar surface area (TPSA) is 9.23 Å². The highest BCUT2D eigenvalue weighted by molar-refractivity contribution is 6.07. The normalized spacial score (nSPS) is 16.1. The molecule has 0 aromatic heterocycles. The Hall–Kier alpha value is -5.92. The fraction of sp³-hybridized carbons (Fsp3) is 0.0222. The van der Waals surface area contributed by atoms with Crippen molar-refractivity contribution < 1.29 is 4.74 Å². The molecule has 212 valence electrons.